The fourth-order valence-corrected chi connectivity index (χ4v) is 4.04. The van der Waals surface area contributed by atoms with E-state index in [-0.39, 0.29) is 41.1 Å². The summed E-state index contributed by atoms with van der Waals surface area (Å²) in [5.74, 6) is -0.681. The molecule has 1 saturated heterocycles. The lowest BCUT2D eigenvalue weighted by Gasteiger charge is -2.18. The Hall–Kier alpha value is -2.69. The SMILES string of the molecule is C=C(C)C(=O)Oc1cccc(N2C(=O)[C@H]3[C@H](C2=O)[C@H]2C=C[C@H]3C2)c1. The van der Waals surface area contributed by atoms with Gasteiger partial charge in [0.15, 0.2) is 0 Å². The van der Waals surface area contributed by atoms with Gasteiger partial charge in [0, 0.05) is 11.6 Å². The largest absolute Gasteiger partial charge is 0.423 e. The molecule has 2 amide bonds. The molecule has 2 aliphatic carbocycles. The maximum Gasteiger partial charge on any atom is 0.338 e. The Bertz CT molecular complexity index is 779. The van der Waals surface area contributed by atoms with Gasteiger partial charge in [0.05, 0.1) is 17.5 Å². The number of imide groups is 1. The molecule has 24 heavy (non-hydrogen) atoms. The Morgan fingerprint density at radius 1 is 1.17 bits per heavy atom. The molecule has 1 aromatic carbocycles. The molecule has 0 spiro atoms. The molecule has 1 saturated carbocycles. The van der Waals surface area contributed by atoms with Gasteiger partial charge in [-0.25, -0.2) is 9.69 Å². The van der Waals surface area contributed by atoms with E-state index in [1.807, 2.05) is 0 Å². The molecule has 1 aromatic rings. The van der Waals surface area contributed by atoms with Crippen molar-refractivity contribution in [3.63, 3.8) is 0 Å². The molecule has 122 valence electrons. The van der Waals surface area contributed by atoms with E-state index in [1.165, 1.54) is 4.90 Å². The van der Waals surface area contributed by atoms with Crippen molar-refractivity contribution in [3.05, 3.63) is 48.6 Å². The van der Waals surface area contributed by atoms with Crippen molar-refractivity contribution in [3.8, 4) is 5.75 Å². The van der Waals surface area contributed by atoms with Crippen LogP contribution in [0.15, 0.2) is 48.6 Å². The van der Waals surface area contributed by atoms with Crippen molar-refractivity contribution in [2.75, 3.05) is 4.90 Å². The minimum Gasteiger partial charge on any atom is -0.423 e. The highest BCUT2D eigenvalue weighted by Crippen LogP contribution is 2.53. The minimum atomic E-state index is -0.537. The lowest BCUT2D eigenvalue weighted by molar-refractivity contribution is -0.130. The number of rotatable bonds is 3. The van der Waals surface area contributed by atoms with Gasteiger partial charge >= 0.3 is 5.97 Å². The molecular weight excluding hydrogens is 306 g/mol. The van der Waals surface area contributed by atoms with Gasteiger partial charge < -0.3 is 4.74 Å². The van der Waals surface area contributed by atoms with Crippen molar-refractivity contribution in [1.29, 1.82) is 0 Å². The average molecular weight is 323 g/mol. The van der Waals surface area contributed by atoms with Gasteiger partial charge in [-0.2, -0.15) is 0 Å². The molecule has 0 radical (unpaired) electrons. The Kier molecular flexibility index (Phi) is 3.20. The highest BCUT2D eigenvalue weighted by Gasteiger charge is 2.59. The summed E-state index contributed by atoms with van der Waals surface area (Å²) in [5.41, 5.74) is 0.733. The van der Waals surface area contributed by atoms with Crippen LogP contribution in [-0.4, -0.2) is 17.8 Å². The molecule has 5 nitrogen and oxygen atoms in total. The van der Waals surface area contributed by atoms with Crippen LogP contribution in [0.3, 0.4) is 0 Å². The summed E-state index contributed by atoms with van der Waals surface area (Å²) in [6.45, 7) is 5.10. The second kappa shape index (κ2) is 5.16. The lowest BCUT2D eigenvalue weighted by atomic mass is 9.85. The van der Waals surface area contributed by atoms with Gasteiger partial charge in [-0.05, 0) is 37.3 Å². The van der Waals surface area contributed by atoms with Crippen LogP contribution >= 0.6 is 0 Å². The van der Waals surface area contributed by atoms with Crippen LogP contribution in [0.4, 0.5) is 5.69 Å². The second-order valence-corrected chi connectivity index (χ2v) is 6.68. The molecular formula is C19H17NO4. The van der Waals surface area contributed by atoms with Crippen molar-refractivity contribution in [1.82, 2.24) is 0 Å². The van der Waals surface area contributed by atoms with Crippen LogP contribution < -0.4 is 9.64 Å². The fraction of sp³-hybridized carbons (Fsp3) is 0.316. The molecule has 4 rings (SSSR count). The van der Waals surface area contributed by atoms with Crippen molar-refractivity contribution in [2.45, 2.75) is 13.3 Å². The van der Waals surface area contributed by atoms with E-state index in [4.69, 9.17) is 4.74 Å². The number of fused-ring (bicyclic) bond motifs is 5. The van der Waals surface area contributed by atoms with Crippen LogP contribution in [0.2, 0.25) is 0 Å². The molecule has 3 aliphatic rings. The van der Waals surface area contributed by atoms with E-state index in [0.29, 0.717) is 11.4 Å². The Labute approximate surface area is 139 Å². The van der Waals surface area contributed by atoms with Crippen molar-refractivity contribution in [2.24, 2.45) is 23.7 Å². The summed E-state index contributed by atoms with van der Waals surface area (Å²) < 4.78 is 5.20. The first kappa shape index (κ1) is 14.9. The summed E-state index contributed by atoms with van der Waals surface area (Å²) in [4.78, 5) is 38.5. The molecule has 0 aromatic heterocycles. The molecule has 5 heteroatoms. The van der Waals surface area contributed by atoms with Gasteiger partial charge in [-0.1, -0.05) is 24.8 Å². The molecule has 0 N–H and O–H groups in total. The zero-order valence-electron chi connectivity index (χ0n) is 13.3. The molecule has 4 atom stereocenters. The predicted octanol–water partition coefficient (Wildman–Crippen LogP) is 2.48. The van der Waals surface area contributed by atoms with E-state index in [9.17, 15) is 14.4 Å². The van der Waals surface area contributed by atoms with Gasteiger partial charge in [-0.3, -0.25) is 9.59 Å². The number of carbonyl (C=O) groups is 3. The maximum atomic E-state index is 12.8. The summed E-state index contributed by atoms with van der Waals surface area (Å²) in [5, 5.41) is 0. The highest BCUT2D eigenvalue weighted by atomic mass is 16.5. The third-order valence-electron chi connectivity index (χ3n) is 5.11. The molecule has 2 bridgehead atoms. The van der Waals surface area contributed by atoms with Gasteiger partial charge in [0.1, 0.15) is 5.75 Å². The molecule has 2 fully saturated rings. The molecule has 1 aliphatic heterocycles. The minimum absolute atomic E-state index is 0.148. The number of hydrogen-bond donors (Lipinski definition) is 0. The normalized spacial score (nSPS) is 30.0. The Morgan fingerprint density at radius 2 is 1.79 bits per heavy atom. The maximum absolute atomic E-state index is 12.8. The number of allylic oxidation sites excluding steroid dienone is 2. The number of carbonyl (C=O) groups excluding carboxylic acids is 3. The lowest BCUT2D eigenvalue weighted by Crippen LogP contribution is -2.32. The van der Waals surface area contributed by atoms with Crippen LogP contribution in [0.25, 0.3) is 0 Å². The summed E-state index contributed by atoms with van der Waals surface area (Å²) >= 11 is 0. The monoisotopic (exact) mass is 323 g/mol. The zero-order valence-corrected chi connectivity index (χ0v) is 13.3. The number of anilines is 1. The van der Waals surface area contributed by atoms with Crippen LogP contribution in [0, 0.1) is 23.7 Å². The van der Waals surface area contributed by atoms with E-state index in [1.54, 1.807) is 31.2 Å². The first-order chi connectivity index (χ1) is 11.5. The van der Waals surface area contributed by atoms with E-state index < -0.39 is 5.97 Å². The topological polar surface area (TPSA) is 63.7 Å². The molecule has 0 unspecified atom stereocenters. The first-order valence-electron chi connectivity index (χ1n) is 8.01. The highest BCUT2D eigenvalue weighted by molar-refractivity contribution is 6.22. The quantitative estimate of drug-likeness (QED) is 0.282. The van der Waals surface area contributed by atoms with Crippen molar-refractivity contribution >= 4 is 23.5 Å². The first-order valence-corrected chi connectivity index (χ1v) is 8.01. The number of amides is 2. The van der Waals surface area contributed by atoms with Gasteiger partial charge in [0.25, 0.3) is 0 Å². The Balaban J connectivity index is 1.63. The van der Waals surface area contributed by atoms with Gasteiger partial charge in [-0.15, -0.1) is 0 Å². The number of ether oxygens (including phenoxy) is 1. The molecule has 1 heterocycles. The summed E-state index contributed by atoms with van der Waals surface area (Å²) in [6, 6.07) is 6.51. The fourth-order valence-electron chi connectivity index (χ4n) is 4.04. The van der Waals surface area contributed by atoms with Crippen LogP contribution in [0.1, 0.15) is 13.3 Å². The summed E-state index contributed by atoms with van der Waals surface area (Å²) in [6.07, 6.45) is 5.02. The number of hydrogen-bond acceptors (Lipinski definition) is 4. The van der Waals surface area contributed by atoms with Crippen LogP contribution in [-0.2, 0) is 14.4 Å². The van der Waals surface area contributed by atoms with Crippen molar-refractivity contribution < 1.29 is 19.1 Å². The van der Waals surface area contributed by atoms with E-state index in [0.717, 1.165) is 6.42 Å². The number of esters is 1. The van der Waals surface area contributed by atoms with E-state index >= 15 is 0 Å². The van der Waals surface area contributed by atoms with Crippen LogP contribution in [0.5, 0.6) is 5.75 Å². The smallest absolute Gasteiger partial charge is 0.338 e. The van der Waals surface area contributed by atoms with E-state index in [2.05, 4.69) is 18.7 Å². The zero-order chi connectivity index (χ0) is 17.0. The summed E-state index contributed by atoms with van der Waals surface area (Å²) in [7, 11) is 0. The predicted molar refractivity (Wildman–Crippen MR) is 87.1 cm³/mol. The van der Waals surface area contributed by atoms with Gasteiger partial charge in [0.2, 0.25) is 11.8 Å². The standard InChI is InChI=1S/C19H17NO4/c1-10(2)19(23)24-14-5-3-4-13(9-14)20-17(21)15-11-6-7-12(8-11)16(15)18(20)22/h3-7,9,11-12,15-16H,1,8H2,2H3/t11-,12-,15+,16+/m0/s1. The third-order valence-corrected chi connectivity index (χ3v) is 5.11. The Morgan fingerprint density at radius 3 is 2.38 bits per heavy atom. The third kappa shape index (κ3) is 2.04. The second-order valence-electron chi connectivity index (χ2n) is 6.68. The number of nitrogens with zero attached hydrogens (tertiary/aromatic N) is 1. The average Bonchev–Trinajstić information content (AvgIpc) is 3.21. The number of benzene rings is 1.